The molecule has 0 amide bonds. The Balaban J connectivity index is 1.85. The summed E-state index contributed by atoms with van der Waals surface area (Å²) in [6.45, 7) is 0. The van der Waals surface area contributed by atoms with Crippen LogP contribution < -0.4 is 5.73 Å². The highest BCUT2D eigenvalue weighted by atomic mass is 32.2. The number of rotatable bonds is 7. The summed E-state index contributed by atoms with van der Waals surface area (Å²) in [6, 6.07) is 12.9. The SMILES string of the molecule is Nc1c(N=Nc2ccc(S(=O)(=O)O)cc2)c(S(=O)(=O)O)cc2ccc(N=Nc3ccccc3S(=O)(=O)O)c(O)c12. The van der Waals surface area contributed by atoms with Gasteiger partial charge in [-0.3, -0.25) is 13.7 Å². The molecule has 40 heavy (non-hydrogen) atoms. The van der Waals surface area contributed by atoms with Crippen LogP contribution in [0.1, 0.15) is 0 Å². The molecular weight excluding hydrogens is 590 g/mol. The highest BCUT2D eigenvalue weighted by molar-refractivity contribution is 7.86. The Morgan fingerprint density at radius 3 is 1.82 bits per heavy atom. The molecule has 0 saturated carbocycles. The van der Waals surface area contributed by atoms with E-state index in [4.69, 9.17) is 10.3 Å². The molecule has 0 spiro atoms. The zero-order valence-corrected chi connectivity index (χ0v) is 22.1. The van der Waals surface area contributed by atoms with Gasteiger partial charge in [0.05, 0.1) is 21.7 Å². The molecule has 15 nitrogen and oxygen atoms in total. The zero-order valence-electron chi connectivity index (χ0n) is 19.7. The third-order valence-corrected chi connectivity index (χ3v) is 7.96. The molecule has 0 aromatic heterocycles. The smallest absolute Gasteiger partial charge is 0.296 e. The van der Waals surface area contributed by atoms with Crippen LogP contribution >= 0.6 is 0 Å². The van der Waals surface area contributed by atoms with Gasteiger partial charge in [-0.2, -0.15) is 30.4 Å². The largest absolute Gasteiger partial charge is 0.505 e. The van der Waals surface area contributed by atoms with Crippen LogP contribution in [0, 0.1) is 0 Å². The molecule has 0 unspecified atom stereocenters. The summed E-state index contributed by atoms with van der Waals surface area (Å²) in [7, 11) is -14.0. The number of nitrogens with two attached hydrogens (primary N) is 1. The summed E-state index contributed by atoms with van der Waals surface area (Å²) >= 11 is 0. The summed E-state index contributed by atoms with van der Waals surface area (Å²) in [5, 5.41) is 25.9. The van der Waals surface area contributed by atoms with Crippen LogP contribution in [0.2, 0.25) is 0 Å². The monoisotopic (exact) mass is 607 g/mol. The summed E-state index contributed by atoms with van der Waals surface area (Å²) < 4.78 is 98.0. The second kappa shape index (κ2) is 10.3. The van der Waals surface area contributed by atoms with E-state index in [9.17, 15) is 39.5 Å². The van der Waals surface area contributed by atoms with E-state index in [1.165, 1.54) is 30.3 Å². The van der Waals surface area contributed by atoms with Crippen molar-refractivity contribution in [2.45, 2.75) is 14.7 Å². The Labute approximate surface area is 226 Å². The number of aromatic hydroxyl groups is 1. The molecule has 0 saturated heterocycles. The lowest BCUT2D eigenvalue weighted by atomic mass is 10.1. The van der Waals surface area contributed by atoms with Gasteiger partial charge in [0.1, 0.15) is 26.9 Å². The number of anilines is 1. The van der Waals surface area contributed by atoms with Gasteiger partial charge in [-0.25, -0.2) is 0 Å². The summed E-state index contributed by atoms with van der Waals surface area (Å²) in [6.07, 6.45) is 0. The van der Waals surface area contributed by atoms with Crippen LogP contribution in [0.25, 0.3) is 10.8 Å². The van der Waals surface area contributed by atoms with Crippen molar-refractivity contribution in [3.05, 3.63) is 66.7 Å². The second-order valence-corrected chi connectivity index (χ2v) is 12.2. The lowest BCUT2D eigenvalue weighted by Gasteiger charge is -2.12. The minimum atomic E-state index is -4.92. The minimum Gasteiger partial charge on any atom is -0.505 e. The van der Waals surface area contributed by atoms with Gasteiger partial charge in [-0.05, 0) is 53.9 Å². The molecule has 0 atom stereocenters. The van der Waals surface area contributed by atoms with Crippen LogP contribution in [0.5, 0.6) is 5.75 Å². The zero-order chi connectivity index (χ0) is 29.5. The predicted octanol–water partition coefficient (Wildman–Crippen LogP) is 4.70. The standard InChI is InChI=1S/C22H17N5O10S3/c23-20-19-12(5-10-16(22(19)28)26-25-15-3-1-2-4-17(15)39(32,33)34)11-18(40(35,36)37)21(20)27-24-13-6-8-14(9-7-13)38(29,30)31/h1-11,28H,23H2,(H,29,30,31)(H,32,33,34)(H,35,36,37). The van der Waals surface area contributed by atoms with Gasteiger partial charge in [0.2, 0.25) is 0 Å². The maximum atomic E-state index is 12.1. The van der Waals surface area contributed by atoms with Crippen molar-refractivity contribution in [3.63, 3.8) is 0 Å². The van der Waals surface area contributed by atoms with E-state index in [-0.39, 0.29) is 27.8 Å². The number of nitrogen functional groups attached to an aromatic ring is 1. The molecule has 0 aliphatic carbocycles. The molecule has 4 aromatic rings. The van der Waals surface area contributed by atoms with Crippen molar-refractivity contribution < 1.29 is 44.0 Å². The van der Waals surface area contributed by atoms with E-state index in [1.54, 1.807) is 0 Å². The summed E-state index contributed by atoms with van der Waals surface area (Å²) in [5.74, 6) is -0.612. The topological polar surface area (TPSA) is 259 Å². The lowest BCUT2D eigenvalue weighted by molar-refractivity contribution is 0.480. The average Bonchev–Trinajstić information content (AvgIpc) is 2.86. The van der Waals surface area contributed by atoms with Gasteiger partial charge in [-0.1, -0.05) is 18.2 Å². The molecule has 208 valence electrons. The Kier molecular flexibility index (Phi) is 7.41. The van der Waals surface area contributed by atoms with Crippen molar-refractivity contribution in [1.29, 1.82) is 0 Å². The fourth-order valence-corrected chi connectivity index (χ4v) is 5.27. The van der Waals surface area contributed by atoms with E-state index in [0.29, 0.717) is 0 Å². The van der Waals surface area contributed by atoms with Crippen LogP contribution in [0.4, 0.5) is 28.4 Å². The van der Waals surface area contributed by atoms with Gasteiger partial charge in [0.25, 0.3) is 30.4 Å². The van der Waals surface area contributed by atoms with Gasteiger partial charge in [-0.15, -0.1) is 15.3 Å². The number of phenols is 1. The molecule has 18 heteroatoms. The predicted molar refractivity (Wildman–Crippen MR) is 141 cm³/mol. The van der Waals surface area contributed by atoms with Crippen molar-refractivity contribution in [1.82, 2.24) is 0 Å². The van der Waals surface area contributed by atoms with Gasteiger partial charge in [0, 0.05) is 0 Å². The van der Waals surface area contributed by atoms with E-state index in [0.717, 1.165) is 36.4 Å². The first-order valence-electron chi connectivity index (χ1n) is 10.6. The van der Waals surface area contributed by atoms with E-state index < -0.39 is 62.2 Å². The third kappa shape index (κ3) is 5.96. The lowest BCUT2D eigenvalue weighted by Crippen LogP contribution is -2.01. The number of hydrogen-bond acceptors (Lipinski definition) is 12. The average molecular weight is 608 g/mol. The van der Waals surface area contributed by atoms with Gasteiger partial charge < -0.3 is 10.8 Å². The Bertz CT molecular complexity index is 2040. The molecule has 0 heterocycles. The Hall–Kier alpha value is -4.33. The Morgan fingerprint density at radius 1 is 0.625 bits per heavy atom. The molecule has 4 aromatic carbocycles. The number of azo groups is 2. The van der Waals surface area contributed by atoms with Crippen molar-refractivity contribution >= 4 is 69.6 Å². The van der Waals surface area contributed by atoms with Crippen molar-refractivity contribution in [2.24, 2.45) is 20.5 Å². The second-order valence-electron chi connectivity index (χ2n) is 7.96. The van der Waals surface area contributed by atoms with Crippen molar-refractivity contribution in [2.75, 3.05) is 5.73 Å². The number of phenolic OH excluding ortho intramolecular Hbond substituents is 1. The fraction of sp³-hybridized carbons (Fsp3) is 0. The van der Waals surface area contributed by atoms with E-state index >= 15 is 0 Å². The third-order valence-electron chi connectivity index (χ3n) is 5.32. The summed E-state index contributed by atoms with van der Waals surface area (Å²) in [4.78, 5) is -1.73. The molecule has 0 radical (unpaired) electrons. The normalized spacial score (nSPS) is 13.0. The molecule has 0 aliphatic rings. The highest BCUT2D eigenvalue weighted by Gasteiger charge is 2.23. The first-order valence-corrected chi connectivity index (χ1v) is 14.9. The molecule has 0 bridgehead atoms. The van der Waals surface area contributed by atoms with Gasteiger partial charge >= 0.3 is 0 Å². The van der Waals surface area contributed by atoms with Crippen LogP contribution in [0.3, 0.4) is 0 Å². The van der Waals surface area contributed by atoms with E-state index in [1.807, 2.05) is 0 Å². The first kappa shape index (κ1) is 28.7. The summed E-state index contributed by atoms with van der Waals surface area (Å²) in [5.41, 5.74) is 4.65. The number of nitrogens with zero attached hydrogens (tertiary/aromatic N) is 4. The molecular formula is C22H17N5O10S3. The number of hydrogen-bond donors (Lipinski definition) is 5. The molecule has 4 rings (SSSR count). The van der Waals surface area contributed by atoms with Crippen molar-refractivity contribution in [3.8, 4) is 5.75 Å². The quantitative estimate of drug-likeness (QED) is 0.109. The highest BCUT2D eigenvalue weighted by Crippen LogP contribution is 2.45. The van der Waals surface area contributed by atoms with Crippen LogP contribution in [-0.2, 0) is 30.4 Å². The van der Waals surface area contributed by atoms with Gasteiger partial charge in [0.15, 0.2) is 5.75 Å². The Morgan fingerprint density at radius 2 is 1.23 bits per heavy atom. The maximum absolute atomic E-state index is 12.1. The van der Waals surface area contributed by atoms with Crippen LogP contribution in [-0.4, -0.2) is 44.0 Å². The first-order chi connectivity index (χ1) is 18.6. The molecule has 0 fully saturated rings. The maximum Gasteiger partial charge on any atom is 0.296 e. The number of fused-ring (bicyclic) bond motifs is 1. The molecule has 0 aliphatic heterocycles. The van der Waals surface area contributed by atoms with Crippen LogP contribution in [0.15, 0.2) is 102 Å². The molecule has 6 N–H and O–H groups in total. The number of benzene rings is 4. The van der Waals surface area contributed by atoms with E-state index in [2.05, 4.69) is 20.5 Å². The minimum absolute atomic E-state index is 0.0115. The fourth-order valence-electron chi connectivity index (χ4n) is 3.50.